The summed E-state index contributed by atoms with van der Waals surface area (Å²) in [6.45, 7) is 0. The first kappa shape index (κ1) is 31.8. The smallest absolute Gasteiger partial charge is 0.138 e. The van der Waals surface area contributed by atoms with E-state index < -0.39 is 0 Å². The van der Waals surface area contributed by atoms with E-state index in [1.165, 1.54) is 49.0 Å². The van der Waals surface area contributed by atoms with Gasteiger partial charge in [-0.25, -0.2) is 0 Å². The van der Waals surface area contributed by atoms with Crippen LogP contribution in [0.1, 0.15) is 11.1 Å². The molecule has 0 fully saturated rings. The second kappa shape index (κ2) is 12.5. The van der Waals surface area contributed by atoms with Gasteiger partial charge in [0.1, 0.15) is 11.2 Å². The van der Waals surface area contributed by atoms with E-state index in [1.54, 1.807) is 0 Å². The van der Waals surface area contributed by atoms with Crippen LogP contribution in [0.2, 0.25) is 0 Å². The Hall–Kier alpha value is -7.49. The number of benzene rings is 10. The Kier molecular flexibility index (Phi) is 6.99. The normalized spacial score (nSPS) is 12.6. The first-order chi connectivity index (χ1) is 28.2. The van der Waals surface area contributed by atoms with Crippen molar-refractivity contribution in [1.29, 1.82) is 0 Å². The number of hydrogen-bond acceptors (Lipinski definition) is 3. The average Bonchev–Trinajstić information content (AvgIpc) is 3.89. The average molecular weight is 727 g/mol. The number of para-hydroxylation sites is 1. The van der Waals surface area contributed by atoms with Gasteiger partial charge in [0.05, 0.1) is 17.1 Å². The Labute approximate surface area is 329 Å². The molecular formula is C54H34N2O. The zero-order valence-corrected chi connectivity index (χ0v) is 31.0. The van der Waals surface area contributed by atoms with Crippen molar-refractivity contribution in [2.75, 3.05) is 4.90 Å². The van der Waals surface area contributed by atoms with Crippen LogP contribution in [0.5, 0.6) is 0 Å². The summed E-state index contributed by atoms with van der Waals surface area (Å²) in [5.74, 6) is 0. The summed E-state index contributed by atoms with van der Waals surface area (Å²) >= 11 is 0. The predicted molar refractivity (Wildman–Crippen MR) is 240 cm³/mol. The fourth-order valence-electron chi connectivity index (χ4n) is 9.18. The van der Waals surface area contributed by atoms with Crippen LogP contribution in [-0.2, 0) is 6.42 Å². The Morgan fingerprint density at radius 1 is 0.386 bits per heavy atom. The fourth-order valence-corrected chi connectivity index (χ4v) is 9.18. The summed E-state index contributed by atoms with van der Waals surface area (Å²) in [6, 6.07) is 70.0. The maximum absolute atomic E-state index is 6.87. The van der Waals surface area contributed by atoms with Gasteiger partial charge in [-0.05, 0) is 96.9 Å². The molecule has 266 valence electrons. The summed E-state index contributed by atoms with van der Waals surface area (Å²) in [6.07, 6.45) is 0.823. The number of furan rings is 1. The first-order valence-corrected chi connectivity index (χ1v) is 19.6. The van der Waals surface area contributed by atoms with Gasteiger partial charge < -0.3 is 9.32 Å². The van der Waals surface area contributed by atoms with E-state index in [2.05, 4.69) is 199 Å². The van der Waals surface area contributed by atoms with Crippen LogP contribution in [0.4, 0.5) is 22.7 Å². The molecule has 0 radical (unpaired) electrons. The third-order valence-corrected chi connectivity index (χ3v) is 11.9. The summed E-state index contributed by atoms with van der Waals surface area (Å²) in [5.41, 5.74) is 11.8. The van der Waals surface area contributed by atoms with Gasteiger partial charge in [0.15, 0.2) is 0 Å². The Morgan fingerprint density at radius 2 is 0.947 bits per heavy atom. The lowest BCUT2D eigenvalue weighted by molar-refractivity contribution is 0.669. The van der Waals surface area contributed by atoms with Crippen molar-refractivity contribution in [3.05, 3.63) is 205 Å². The van der Waals surface area contributed by atoms with Gasteiger partial charge in [0.2, 0.25) is 0 Å². The van der Waals surface area contributed by atoms with Crippen molar-refractivity contribution in [2.24, 2.45) is 4.99 Å². The molecule has 2 heterocycles. The van der Waals surface area contributed by atoms with Gasteiger partial charge in [-0.15, -0.1) is 0 Å². The van der Waals surface area contributed by atoms with E-state index in [4.69, 9.17) is 9.41 Å². The lowest BCUT2D eigenvalue weighted by Gasteiger charge is -2.28. The van der Waals surface area contributed by atoms with Gasteiger partial charge in [0.25, 0.3) is 0 Å². The van der Waals surface area contributed by atoms with E-state index >= 15 is 0 Å². The van der Waals surface area contributed by atoms with E-state index in [1.807, 2.05) is 0 Å². The van der Waals surface area contributed by atoms with Crippen LogP contribution in [0, 0.1) is 0 Å². The predicted octanol–water partition coefficient (Wildman–Crippen LogP) is 15.0. The van der Waals surface area contributed by atoms with E-state index in [0.29, 0.717) is 0 Å². The lowest BCUT2D eigenvalue weighted by atomic mass is 9.93. The topological polar surface area (TPSA) is 28.7 Å². The highest BCUT2D eigenvalue weighted by atomic mass is 16.3. The molecule has 0 saturated carbocycles. The highest BCUT2D eigenvalue weighted by molar-refractivity contribution is 6.27. The fraction of sp³-hybridized carbons (Fsp3) is 0.0185. The minimum Gasteiger partial charge on any atom is -0.456 e. The van der Waals surface area contributed by atoms with Gasteiger partial charge in [-0.3, -0.25) is 4.99 Å². The number of rotatable bonds is 5. The quantitative estimate of drug-likeness (QED) is 0.165. The molecule has 0 saturated heterocycles. The van der Waals surface area contributed by atoms with Gasteiger partial charge in [0, 0.05) is 45.6 Å². The van der Waals surface area contributed by atoms with Crippen LogP contribution in [0.25, 0.3) is 76.2 Å². The largest absolute Gasteiger partial charge is 0.456 e. The van der Waals surface area contributed by atoms with Crippen molar-refractivity contribution in [2.45, 2.75) is 6.42 Å². The SMILES string of the molecule is c1ccc(-c2ccc(N(c3ccc4c5ccccc5c5ccccc5c4c3)c3cc4oc5cc(C6=Nc7ccccc7C6)ccc5c4c4ccccc34)cc2)cc1. The molecule has 0 bridgehead atoms. The Morgan fingerprint density at radius 3 is 1.68 bits per heavy atom. The number of aliphatic imine (C=N–C) groups is 1. The molecule has 0 N–H and O–H groups in total. The summed E-state index contributed by atoms with van der Waals surface area (Å²) in [5, 5.41) is 12.1. The molecule has 0 aliphatic carbocycles. The molecule has 0 spiro atoms. The highest BCUT2D eigenvalue weighted by Crippen LogP contribution is 2.47. The summed E-state index contributed by atoms with van der Waals surface area (Å²) in [4.78, 5) is 7.39. The summed E-state index contributed by atoms with van der Waals surface area (Å²) < 4.78 is 6.87. The number of anilines is 3. The molecule has 1 aliphatic heterocycles. The molecule has 3 heteroatoms. The number of fused-ring (bicyclic) bond motifs is 12. The van der Waals surface area contributed by atoms with Crippen molar-refractivity contribution < 1.29 is 4.42 Å². The van der Waals surface area contributed by atoms with E-state index in [-0.39, 0.29) is 0 Å². The molecule has 1 aliphatic rings. The third-order valence-electron chi connectivity index (χ3n) is 11.9. The van der Waals surface area contributed by atoms with Gasteiger partial charge in [-0.2, -0.15) is 0 Å². The van der Waals surface area contributed by atoms with Crippen molar-refractivity contribution in [3.63, 3.8) is 0 Å². The molecule has 10 aromatic carbocycles. The van der Waals surface area contributed by atoms with E-state index in [9.17, 15) is 0 Å². The lowest BCUT2D eigenvalue weighted by Crippen LogP contribution is -2.10. The van der Waals surface area contributed by atoms with Gasteiger partial charge in [-0.1, -0.05) is 146 Å². The second-order valence-corrected chi connectivity index (χ2v) is 15.1. The minimum atomic E-state index is 0.823. The number of nitrogens with zero attached hydrogens (tertiary/aromatic N) is 2. The molecule has 0 amide bonds. The standard InChI is InChI=1S/C54H34N2O/c1-2-12-34(13-3-1)35-22-25-38(26-23-35)56(39-27-29-44-42-17-6-5-15-40(42)41-16-7-8-18-43(41)48(44)32-39)51-33-53-54(46-20-10-9-19-45(46)51)47-28-24-37(31-52(47)57-53)50-30-36-14-4-11-21-49(36)55-50/h1-29,31-33H,30H2. The second-order valence-electron chi connectivity index (χ2n) is 15.1. The molecule has 12 rings (SSSR count). The van der Waals surface area contributed by atoms with Crippen LogP contribution in [-0.4, -0.2) is 5.71 Å². The Bertz CT molecular complexity index is 3400. The third kappa shape index (κ3) is 5.02. The van der Waals surface area contributed by atoms with Crippen LogP contribution in [0.15, 0.2) is 204 Å². The van der Waals surface area contributed by atoms with Crippen molar-refractivity contribution >= 4 is 93.5 Å². The Balaban J connectivity index is 1.09. The van der Waals surface area contributed by atoms with Gasteiger partial charge >= 0.3 is 0 Å². The molecule has 3 nitrogen and oxygen atoms in total. The van der Waals surface area contributed by atoms with E-state index in [0.717, 1.165) is 73.2 Å². The monoisotopic (exact) mass is 726 g/mol. The summed E-state index contributed by atoms with van der Waals surface area (Å²) in [7, 11) is 0. The molecular weight excluding hydrogens is 693 g/mol. The molecule has 57 heavy (non-hydrogen) atoms. The molecule has 0 atom stereocenters. The van der Waals surface area contributed by atoms with Crippen LogP contribution >= 0.6 is 0 Å². The van der Waals surface area contributed by atoms with Crippen molar-refractivity contribution in [3.8, 4) is 11.1 Å². The maximum Gasteiger partial charge on any atom is 0.138 e. The maximum atomic E-state index is 6.87. The molecule has 11 aromatic rings. The number of hydrogen-bond donors (Lipinski definition) is 0. The first-order valence-electron chi connectivity index (χ1n) is 19.6. The van der Waals surface area contributed by atoms with Crippen LogP contribution < -0.4 is 4.90 Å². The molecule has 0 unspecified atom stereocenters. The van der Waals surface area contributed by atoms with Crippen LogP contribution in [0.3, 0.4) is 0 Å². The zero-order valence-electron chi connectivity index (χ0n) is 31.0. The highest BCUT2D eigenvalue weighted by Gasteiger charge is 2.23. The molecule has 1 aromatic heterocycles. The zero-order chi connectivity index (χ0) is 37.5. The van der Waals surface area contributed by atoms with Crippen molar-refractivity contribution in [1.82, 2.24) is 0 Å². The minimum absolute atomic E-state index is 0.823.